The highest BCUT2D eigenvalue weighted by Crippen LogP contribution is 2.35. The topological polar surface area (TPSA) is 26.3 Å². The third-order valence-corrected chi connectivity index (χ3v) is 4.57. The molecule has 2 nitrogen and oxygen atoms in total. The Hall–Kier alpha value is 0.610. The highest BCUT2D eigenvalue weighted by molar-refractivity contribution is 9.39. The zero-order valence-corrected chi connectivity index (χ0v) is 19.9. The number of carbonyl (C=O) groups excluding carboxylic acids is 1. The van der Waals surface area contributed by atoms with E-state index in [1.54, 1.807) is 0 Å². The van der Waals surface area contributed by atoms with Crippen LogP contribution in [0.4, 0.5) is 0 Å². The molecule has 0 aliphatic carbocycles. The first-order valence-electron chi connectivity index (χ1n) is 7.47. The minimum Gasteiger partial charge on any atom is -0.462 e. The SMILES string of the molecule is CC(C)(C)CCC[C@H](C(=O)OCC(Br)(Br)Br)c1ccc(Br)cc1. The first-order chi connectivity index (χ1) is 10.5. The van der Waals surface area contributed by atoms with Gasteiger partial charge in [0.15, 0.2) is 2.14 Å². The van der Waals surface area contributed by atoms with Gasteiger partial charge in [0.25, 0.3) is 0 Å². The molecule has 0 N–H and O–H groups in total. The summed E-state index contributed by atoms with van der Waals surface area (Å²) in [6.45, 7) is 6.86. The van der Waals surface area contributed by atoms with Crippen molar-refractivity contribution in [3.05, 3.63) is 34.3 Å². The lowest BCUT2D eigenvalue weighted by atomic mass is 9.86. The van der Waals surface area contributed by atoms with Gasteiger partial charge < -0.3 is 4.74 Å². The van der Waals surface area contributed by atoms with Crippen molar-refractivity contribution in [1.82, 2.24) is 0 Å². The molecule has 130 valence electrons. The molecule has 0 aliphatic rings. The summed E-state index contributed by atoms with van der Waals surface area (Å²) in [5, 5.41) is 0. The summed E-state index contributed by atoms with van der Waals surface area (Å²) >= 11 is 13.5. The van der Waals surface area contributed by atoms with Crippen LogP contribution < -0.4 is 0 Å². The van der Waals surface area contributed by atoms with E-state index in [4.69, 9.17) is 4.74 Å². The Kier molecular flexibility index (Phi) is 8.80. The van der Waals surface area contributed by atoms with E-state index in [0.29, 0.717) is 0 Å². The van der Waals surface area contributed by atoms with Crippen molar-refractivity contribution < 1.29 is 9.53 Å². The Labute approximate surface area is 172 Å². The summed E-state index contributed by atoms with van der Waals surface area (Å²) in [5.41, 5.74) is 1.27. The van der Waals surface area contributed by atoms with Crippen LogP contribution in [-0.2, 0) is 9.53 Å². The summed E-state index contributed by atoms with van der Waals surface area (Å²) in [5.74, 6) is -0.427. The third-order valence-electron chi connectivity index (χ3n) is 3.35. The van der Waals surface area contributed by atoms with E-state index < -0.39 is 2.14 Å². The van der Waals surface area contributed by atoms with Crippen molar-refractivity contribution in [2.24, 2.45) is 5.41 Å². The molecule has 0 saturated carbocycles. The zero-order chi connectivity index (χ0) is 17.7. The predicted molar refractivity (Wildman–Crippen MR) is 111 cm³/mol. The number of rotatable bonds is 6. The highest BCUT2D eigenvalue weighted by Gasteiger charge is 2.26. The Bertz CT molecular complexity index is 501. The van der Waals surface area contributed by atoms with Crippen molar-refractivity contribution in [2.45, 2.75) is 48.1 Å². The van der Waals surface area contributed by atoms with Crippen molar-refractivity contribution in [3.8, 4) is 0 Å². The highest BCUT2D eigenvalue weighted by atomic mass is 80.0. The minimum atomic E-state index is -0.571. The Balaban J connectivity index is 2.79. The first kappa shape index (κ1) is 21.7. The molecule has 1 aromatic carbocycles. The van der Waals surface area contributed by atoms with Crippen molar-refractivity contribution >= 4 is 69.7 Å². The number of esters is 1. The fourth-order valence-corrected chi connectivity index (χ4v) is 2.81. The summed E-state index contributed by atoms with van der Waals surface area (Å²) in [6, 6.07) is 7.89. The lowest BCUT2D eigenvalue weighted by Gasteiger charge is -2.22. The number of benzene rings is 1. The molecule has 0 heterocycles. The first-order valence-corrected chi connectivity index (χ1v) is 10.6. The van der Waals surface area contributed by atoms with Crippen LogP contribution in [0.2, 0.25) is 0 Å². The smallest absolute Gasteiger partial charge is 0.313 e. The molecule has 0 amide bonds. The second-order valence-corrected chi connectivity index (χ2v) is 14.9. The fraction of sp³-hybridized carbons (Fsp3) is 0.588. The molecule has 6 heteroatoms. The molecule has 0 aliphatic heterocycles. The summed E-state index contributed by atoms with van der Waals surface area (Å²) in [4.78, 5) is 12.5. The van der Waals surface area contributed by atoms with E-state index in [1.165, 1.54) is 0 Å². The second kappa shape index (κ2) is 9.35. The molecule has 0 bridgehead atoms. The largest absolute Gasteiger partial charge is 0.462 e. The molecular formula is C17H22Br4O2. The van der Waals surface area contributed by atoms with E-state index >= 15 is 0 Å². The van der Waals surface area contributed by atoms with Gasteiger partial charge in [-0.2, -0.15) is 0 Å². The number of ether oxygens (including phenoxy) is 1. The van der Waals surface area contributed by atoms with Crippen LogP contribution in [-0.4, -0.2) is 14.7 Å². The van der Waals surface area contributed by atoms with Crippen LogP contribution in [0.5, 0.6) is 0 Å². The second-order valence-electron chi connectivity index (χ2n) is 6.78. The average molecular weight is 578 g/mol. The Morgan fingerprint density at radius 2 is 1.70 bits per heavy atom. The Morgan fingerprint density at radius 3 is 2.17 bits per heavy atom. The Morgan fingerprint density at radius 1 is 1.13 bits per heavy atom. The maximum absolute atomic E-state index is 12.5. The number of alkyl halides is 3. The maximum Gasteiger partial charge on any atom is 0.313 e. The summed E-state index contributed by atoms with van der Waals surface area (Å²) in [6.07, 6.45) is 2.85. The number of carbonyl (C=O) groups is 1. The number of halogens is 4. The van der Waals surface area contributed by atoms with E-state index in [-0.39, 0.29) is 23.9 Å². The molecule has 1 atom stereocenters. The van der Waals surface area contributed by atoms with Gasteiger partial charge in [0.05, 0.1) is 5.92 Å². The average Bonchev–Trinajstić information content (AvgIpc) is 2.40. The molecule has 0 unspecified atom stereocenters. The van der Waals surface area contributed by atoms with Crippen molar-refractivity contribution in [1.29, 1.82) is 0 Å². The van der Waals surface area contributed by atoms with E-state index in [2.05, 4.69) is 84.5 Å². The summed E-state index contributed by atoms with van der Waals surface area (Å²) < 4.78 is 5.88. The molecule has 0 radical (unpaired) electrons. The van der Waals surface area contributed by atoms with Gasteiger partial charge in [-0.05, 0) is 36.0 Å². The van der Waals surface area contributed by atoms with Crippen molar-refractivity contribution in [2.75, 3.05) is 6.61 Å². The monoisotopic (exact) mass is 574 g/mol. The molecule has 1 aromatic rings. The molecule has 0 aromatic heterocycles. The fourth-order valence-electron chi connectivity index (χ4n) is 2.21. The van der Waals surface area contributed by atoms with Crippen molar-refractivity contribution in [3.63, 3.8) is 0 Å². The minimum absolute atomic E-state index is 0.191. The molecule has 0 spiro atoms. The molecule has 1 rings (SSSR count). The number of hydrogen-bond acceptors (Lipinski definition) is 2. The van der Waals surface area contributed by atoms with Gasteiger partial charge in [-0.1, -0.05) is 103 Å². The zero-order valence-electron chi connectivity index (χ0n) is 13.5. The van der Waals surface area contributed by atoms with Gasteiger partial charge in [-0.25, -0.2) is 0 Å². The quantitative estimate of drug-likeness (QED) is 0.266. The van der Waals surface area contributed by atoms with E-state index in [1.807, 2.05) is 24.3 Å². The van der Waals surface area contributed by atoms with Crippen LogP contribution in [0.3, 0.4) is 0 Å². The third kappa shape index (κ3) is 9.61. The lowest BCUT2D eigenvalue weighted by Crippen LogP contribution is -2.22. The molecule has 0 saturated heterocycles. The molecular weight excluding hydrogens is 556 g/mol. The summed E-state index contributed by atoms with van der Waals surface area (Å²) in [7, 11) is 0. The van der Waals surface area contributed by atoms with E-state index in [9.17, 15) is 4.79 Å². The van der Waals surface area contributed by atoms with Crippen LogP contribution in [0.1, 0.15) is 51.5 Å². The van der Waals surface area contributed by atoms with Crippen LogP contribution in [0.25, 0.3) is 0 Å². The van der Waals surface area contributed by atoms with E-state index in [0.717, 1.165) is 29.3 Å². The number of hydrogen-bond donors (Lipinski definition) is 0. The van der Waals surface area contributed by atoms with Gasteiger partial charge in [0.2, 0.25) is 0 Å². The molecule has 23 heavy (non-hydrogen) atoms. The van der Waals surface area contributed by atoms with Crippen LogP contribution in [0, 0.1) is 5.41 Å². The standard InChI is InChI=1S/C17H22Br4O2/c1-16(2,3)10-4-5-14(12-6-8-13(18)9-7-12)15(22)23-11-17(19,20)21/h6-9,14H,4-5,10-11H2,1-3H3/t14-/m0/s1. The van der Waals surface area contributed by atoms with Crippen LogP contribution >= 0.6 is 63.7 Å². The predicted octanol–water partition coefficient (Wildman–Crippen LogP) is 7.13. The normalized spacial score (nSPS) is 13.7. The maximum atomic E-state index is 12.5. The van der Waals surface area contributed by atoms with Gasteiger partial charge in [0.1, 0.15) is 6.61 Å². The van der Waals surface area contributed by atoms with Gasteiger partial charge >= 0.3 is 5.97 Å². The lowest BCUT2D eigenvalue weighted by molar-refractivity contribution is -0.145. The van der Waals surface area contributed by atoms with Gasteiger partial charge in [-0.3, -0.25) is 4.79 Å². The van der Waals surface area contributed by atoms with Crippen LogP contribution in [0.15, 0.2) is 28.7 Å². The van der Waals surface area contributed by atoms with Gasteiger partial charge in [0, 0.05) is 4.47 Å². The molecule has 0 fully saturated rings. The van der Waals surface area contributed by atoms with Gasteiger partial charge in [-0.15, -0.1) is 0 Å².